The number of carbonyl (C=O) groups excluding carboxylic acids is 1. The standard InChI is InChI=1S/C11H16Cl2N2O3S/c1-11(2,3)18-10(17)14-5-4-6(16)7-8(12)15-9(13)19-7/h6,16H,4-5H2,1-3H3,(H,14,17). The number of aliphatic hydroxyl groups excluding tert-OH is 1. The molecule has 108 valence electrons. The highest BCUT2D eigenvalue weighted by atomic mass is 35.5. The molecular weight excluding hydrogens is 311 g/mol. The van der Waals surface area contributed by atoms with Crippen molar-refractivity contribution in [2.45, 2.75) is 38.9 Å². The summed E-state index contributed by atoms with van der Waals surface area (Å²) in [4.78, 5) is 15.7. The number of aliphatic hydroxyl groups is 1. The maximum atomic E-state index is 11.4. The fraction of sp³-hybridized carbons (Fsp3) is 0.636. The first-order chi connectivity index (χ1) is 8.69. The summed E-state index contributed by atoms with van der Waals surface area (Å²) < 4.78 is 5.34. The molecule has 2 N–H and O–H groups in total. The average Bonchev–Trinajstić information content (AvgIpc) is 2.55. The Kier molecular flexibility index (Phi) is 5.85. The number of ether oxygens (including phenoxy) is 1. The number of carbonyl (C=O) groups is 1. The van der Waals surface area contributed by atoms with Gasteiger partial charge in [0.25, 0.3) is 0 Å². The quantitative estimate of drug-likeness (QED) is 0.889. The summed E-state index contributed by atoms with van der Waals surface area (Å²) in [6.45, 7) is 5.60. The van der Waals surface area contributed by atoms with Gasteiger partial charge in [-0.25, -0.2) is 9.78 Å². The Morgan fingerprint density at radius 1 is 1.53 bits per heavy atom. The molecule has 1 amide bonds. The Hall–Kier alpha value is -0.560. The van der Waals surface area contributed by atoms with Crippen molar-refractivity contribution in [3.8, 4) is 0 Å². The van der Waals surface area contributed by atoms with Gasteiger partial charge in [0.15, 0.2) is 4.47 Å². The number of hydrogen-bond acceptors (Lipinski definition) is 5. The number of aromatic nitrogens is 1. The van der Waals surface area contributed by atoms with E-state index in [0.29, 0.717) is 11.3 Å². The zero-order valence-corrected chi connectivity index (χ0v) is 13.2. The zero-order valence-electron chi connectivity index (χ0n) is 10.9. The largest absolute Gasteiger partial charge is 0.444 e. The minimum Gasteiger partial charge on any atom is -0.444 e. The Balaban J connectivity index is 2.37. The van der Waals surface area contributed by atoms with Crippen LogP contribution in [0.15, 0.2) is 0 Å². The molecule has 0 bridgehead atoms. The average molecular weight is 327 g/mol. The van der Waals surface area contributed by atoms with Gasteiger partial charge in [0.1, 0.15) is 10.8 Å². The molecule has 0 aliphatic carbocycles. The topological polar surface area (TPSA) is 71.5 Å². The van der Waals surface area contributed by atoms with E-state index in [0.717, 1.165) is 11.3 Å². The molecule has 0 spiro atoms. The number of amides is 1. The third-order valence-electron chi connectivity index (χ3n) is 1.97. The van der Waals surface area contributed by atoms with E-state index >= 15 is 0 Å². The van der Waals surface area contributed by atoms with Crippen LogP contribution in [0, 0.1) is 0 Å². The molecule has 1 unspecified atom stereocenters. The molecule has 0 aromatic carbocycles. The lowest BCUT2D eigenvalue weighted by Gasteiger charge is -2.20. The Morgan fingerprint density at radius 3 is 2.63 bits per heavy atom. The summed E-state index contributed by atoms with van der Waals surface area (Å²) in [6, 6.07) is 0. The van der Waals surface area contributed by atoms with Crippen LogP contribution in [0.2, 0.25) is 9.62 Å². The minimum absolute atomic E-state index is 0.194. The van der Waals surface area contributed by atoms with Crippen LogP contribution < -0.4 is 5.32 Å². The zero-order chi connectivity index (χ0) is 14.6. The van der Waals surface area contributed by atoms with Crippen LogP contribution >= 0.6 is 34.5 Å². The summed E-state index contributed by atoms with van der Waals surface area (Å²) in [5, 5.41) is 12.6. The van der Waals surface area contributed by atoms with Gasteiger partial charge in [0.05, 0.1) is 11.0 Å². The molecule has 0 fully saturated rings. The number of rotatable bonds is 4. The van der Waals surface area contributed by atoms with Gasteiger partial charge in [-0.1, -0.05) is 23.2 Å². The van der Waals surface area contributed by atoms with Gasteiger partial charge in [-0.15, -0.1) is 11.3 Å². The first kappa shape index (κ1) is 16.5. The highest BCUT2D eigenvalue weighted by Crippen LogP contribution is 2.32. The van der Waals surface area contributed by atoms with Crippen LogP contribution in [0.1, 0.15) is 38.2 Å². The first-order valence-corrected chi connectivity index (χ1v) is 7.23. The predicted octanol–water partition coefficient (Wildman–Crippen LogP) is 3.40. The van der Waals surface area contributed by atoms with Crippen LogP contribution in [0.3, 0.4) is 0 Å². The molecule has 0 radical (unpaired) electrons. The van der Waals surface area contributed by atoms with Crippen molar-refractivity contribution in [2.24, 2.45) is 0 Å². The summed E-state index contributed by atoms with van der Waals surface area (Å²) in [5.41, 5.74) is -0.544. The molecule has 5 nitrogen and oxygen atoms in total. The second kappa shape index (κ2) is 6.74. The summed E-state index contributed by atoms with van der Waals surface area (Å²) >= 11 is 12.6. The molecule has 0 saturated heterocycles. The number of nitrogens with zero attached hydrogens (tertiary/aromatic N) is 1. The lowest BCUT2D eigenvalue weighted by molar-refractivity contribution is 0.0518. The summed E-state index contributed by atoms with van der Waals surface area (Å²) in [5.74, 6) is 0. The molecule has 19 heavy (non-hydrogen) atoms. The second-order valence-electron chi connectivity index (χ2n) is 4.86. The Labute approximate surface area is 125 Å². The predicted molar refractivity (Wildman–Crippen MR) is 75.9 cm³/mol. The van der Waals surface area contributed by atoms with E-state index in [-0.39, 0.29) is 16.2 Å². The van der Waals surface area contributed by atoms with Crippen LogP contribution in [0.5, 0.6) is 0 Å². The molecule has 1 rings (SSSR count). The van der Waals surface area contributed by atoms with Crippen LogP contribution in [0.4, 0.5) is 4.79 Å². The van der Waals surface area contributed by atoms with Crippen molar-refractivity contribution in [3.63, 3.8) is 0 Å². The lowest BCUT2D eigenvalue weighted by atomic mass is 10.2. The molecule has 1 atom stereocenters. The molecule has 1 heterocycles. The molecule has 0 aliphatic heterocycles. The highest BCUT2D eigenvalue weighted by molar-refractivity contribution is 7.16. The molecular formula is C11H16Cl2N2O3S. The number of hydrogen-bond donors (Lipinski definition) is 2. The van der Waals surface area contributed by atoms with Crippen molar-refractivity contribution < 1.29 is 14.6 Å². The van der Waals surface area contributed by atoms with E-state index in [9.17, 15) is 9.90 Å². The Bertz CT molecular complexity index is 446. The van der Waals surface area contributed by atoms with Gasteiger partial charge in [-0.2, -0.15) is 0 Å². The van der Waals surface area contributed by atoms with Gasteiger partial charge in [0, 0.05) is 6.54 Å². The third kappa shape index (κ3) is 5.95. The van der Waals surface area contributed by atoms with Crippen molar-refractivity contribution >= 4 is 40.6 Å². The van der Waals surface area contributed by atoms with E-state index in [2.05, 4.69) is 10.3 Å². The van der Waals surface area contributed by atoms with Gasteiger partial charge < -0.3 is 15.2 Å². The Morgan fingerprint density at radius 2 is 2.16 bits per heavy atom. The van der Waals surface area contributed by atoms with Crippen molar-refractivity contribution in [1.29, 1.82) is 0 Å². The normalized spacial score (nSPS) is 13.2. The molecule has 8 heteroatoms. The number of nitrogens with one attached hydrogen (secondary N) is 1. The fourth-order valence-electron chi connectivity index (χ4n) is 1.25. The fourth-order valence-corrected chi connectivity index (χ4v) is 2.71. The summed E-state index contributed by atoms with van der Waals surface area (Å²) in [6.07, 6.45) is -1.03. The first-order valence-electron chi connectivity index (χ1n) is 5.65. The van der Waals surface area contributed by atoms with E-state index < -0.39 is 17.8 Å². The van der Waals surface area contributed by atoms with Crippen LogP contribution in [-0.4, -0.2) is 28.3 Å². The van der Waals surface area contributed by atoms with E-state index in [1.807, 2.05) is 0 Å². The number of halogens is 2. The van der Waals surface area contributed by atoms with Gasteiger partial charge in [0.2, 0.25) is 0 Å². The van der Waals surface area contributed by atoms with E-state index in [1.54, 1.807) is 20.8 Å². The van der Waals surface area contributed by atoms with E-state index in [4.69, 9.17) is 27.9 Å². The molecule has 1 aromatic rings. The summed E-state index contributed by atoms with van der Waals surface area (Å²) in [7, 11) is 0. The lowest BCUT2D eigenvalue weighted by Crippen LogP contribution is -2.33. The maximum Gasteiger partial charge on any atom is 0.407 e. The molecule has 0 aliphatic rings. The molecule has 1 aromatic heterocycles. The van der Waals surface area contributed by atoms with Gasteiger partial charge in [-0.05, 0) is 27.2 Å². The van der Waals surface area contributed by atoms with E-state index in [1.165, 1.54) is 0 Å². The van der Waals surface area contributed by atoms with Crippen LogP contribution in [-0.2, 0) is 4.74 Å². The number of alkyl carbamates (subject to hydrolysis) is 1. The second-order valence-corrected chi connectivity index (χ2v) is 6.83. The van der Waals surface area contributed by atoms with Gasteiger partial charge >= 0.3 is 6.09 Å². The smallest absolute Gasteiger partial charge is 0.407 e. The highest BCUT2D eigenvalue weighted by Gasteiger charge is 2.18. The SMILES string of the molecule is CC(C)(C)OC(=O)NCCC(O)c1sc(Cl)nc1Cl. The molecule has 0 saturated carbocycles. The minimum atomic E-state index is -0.813. The van der Waals surface area contributed by atoms with Crippen molar-refractivity contribution in [1.82, 2.24) is 10.3 Å². The van der Waals surface area contributed by atoms with Gasteiger partial charge in [-0.3, -0.25) is 0 Å². The number of thiazole rings is 1. The van der Waals surface area contributed by atoms with Crippen molar-refractivity contribution in [3.05, 3.63) is 14.5 Å². The van der Waals surface area contributed by atoms with Crippen molar-refractivity contribution in [2.75, 3.05) is 6.54 Å². The monoisotopic (exact) mass is 326 g/mol. The maximum absolute atomic E-state index is 11.4. The van der Waals surface area contributed by atoms with Crippen LogP contribution in [0.25, 0.3) is 0 Å². The third-order valence-corrected chi connectivity index (χ3v) is 3.63.